The van der Waals surface area contributed by atoms with Crippen LogP contribution in [0, 0.1) is 12.7 Å². The summed E-state index contributed by atoms with van der Waals surface area (Å²) in [5.74, 6) is 0.0199. The van der Waals surface area contributed by atoms with Crippen LogP contribution >= 0.6 is 0 Å². The fraction of sp³-hybridized carbons (Fsp3) is 0.500. The van der Waals surface area contributed by atoms with E-state index in [0.717, 1.165) is 24.2 Å². The molecule has 0 bridgehead atoms. The van der Waals surface area contributed by atoms with Gasteiger partial charge in [-0.3, -0.25) is 0 Å². The van der Waals surface area contributed by atoms with Gasteiger partial charge in [0.2, 0.25) is 0 Å². The van der Waals surface area contributed by atoms with Crippen LogP contribution in [0.15, 0.2) is 18.2 Å². The predicted molar refractivity (Wildman–Crippen MR) is 59.3 cm³/mol. The van der Waals surface area contributed by atoms with Crippen LogP contribution in [0.1, 0.15) is 24.0 Å². The number of hydrogen-bond acceptors (Lipinski definition) is 2. The highest BCUT2D eigenvalue weighted by atomic mass is 19.1. The molecular formula is C12H17FN2. The molecule has 3 heteroatoms. The molecular weight excluding hydrogens is 191 g/mol. The quantitative estimate of drug-likeness (QED) is 0.734. The van der Waals surface area contributed by atoms with Crippen LogP contribution < -0.4 is 11.1 Å². The lowest BCUT2D eigenvalue weighted by Crippen LogP contribution is -2.43. The van der Waals surface area contributed by atoms with Crippen molar-refractivity contribution >= 4 is 0 Å². The molecule has 1 aliphatic heterocycles. The SMILES string of the molecule is Cc1ccc(F)cc1[C@@H]1CNC[C@@]1(C)N. The Morgan fingerprint density at radius 2 is 2.27 bits per heavy atom. The third kappa shape index (κ3) is 1.90. The highest BCUT2D eigenvalue weighted by Gasteiger charge is 2.36. The molecule has 0 unspecified atom stereocenters. The standard InChI is InChI=1S/C12H17FN2/c1-8-3-4-9(13)5-10(8)11-6-15-7-12(11,2)14/h3-5,11,15H,6-7,14H2,1-2H3/t11-,12+/m0/s1. The van der Waals surface area contributed by atoms with Gasteiger partial charge in [0.25, 0.3) is 0 Å². The maximum absolute atomic E-state index is 13.2. The molecule has 1 aromatic rings. The van der Waals surface area contributed by atoms with Crippen molar-refractivity contribution in [3.05, 3.63) is 35.1 Å². The number of hydrogen-bond donors (Lipinski definition) is 2. The monoisotopic (exact) mass is 208 g/mol. The van der Waals surface area contributed by atoms with Crippen LogP contribution in [0.5, 0.6) is 0 Å². The van der Waals surface area contributed by atoms with Crippen molar-refractivity contribution in [2.24, 2.45) is 5.73 Å². The van der Waals surface area contributed by atoms with E-state index in [0.29, 0.717) is 0 Å². The molecule has 0 saturated carbocycles. The molecule has 82 valence electrons. The zero-order valence-corrected chi connectivity index (χ0v) is 9.18. The second kappa shape index (κ2) is 3.58. The molecule has 15 heavy (non-hydrogen) atoms. The first-order valence-corrected chi connectivity index (χ1v) is 5.26. The first-order valence-electron chi connectivity index (χ1n) is 5.26. The van der Waals surface area contributed by atoms with Gasteiger partial charge in [-0.1, -0.05) is 6.07 Å². The molecule has 0 aromatic heterocycles. The molecule has 2 nitrogen and oxygen atoms in total. The Morgan fingerprint density at radius 1 is 1.53 bits per heavy atom. The molecule has 0 amide bonds. The summed E-state index contributed by atoms with van der Waals surface area (Å²) < 4.78 is 13.2. The van der Waals surface area contributed by atoms with Gasteiger partial charge in [0.15, 0.2) is 0 Å². The van der Waals surface area contributed by atoms with Crippen LogP contribution in [0.25, 0.3) is 0 Å². The van der Waals surface area contributed by atoms with Crippen molar-refractivity contribution in [2.75, 3.05) is 13.1 Å². The van der Waals surface area contributed by atoms with Crippen molar-refractivity contribution in [3.8, 4) is 0 Å². The van der Waals surface area contributed by atoms with E-state index < -0.39 is 0 Å². The molecule has 2 rings (SSSR count). The molecule has 2 atom stereocenters. The van der Waals surface area contributed by atoms with Crippen LogP contribution in [-0.4, -0.2) is 18.6 Å². The number of rotatable bonds is 1. The lowest BCUT2D eigenvalue weighted by Gasteiger charge is -2.27. The Morgan fingerprint density at radius 3 is 2.87 bits per heavy atom. The third-order valence-electron chi connectivity index (χ3n) is 3.27. The maximum Gasteiger partial charge on any atom is 0.123 e. The third-order valence-corrected chi connectivity index (χ3v) is 3.27. The fourth-order valence-corrected chi connectivity index (χ4v) is 2.29. The molecule has 0 aliphatic carbocycles. The van der Waals surface area contributed by atoms with E-state index in [4.69, 9.17) is 5.73 Å². The largest absolute Gasteiger partial charge is 0.324 e. The number of nitrogens with one attached hydrogen (secondary N) is 1. The molecule has 1 aromatic carbocycles. The summed E-state index contributed by atoms with van der Waals surface area (Å²) in [7, 11) is 0. The lowest BCUT2D eigenvalue weighted by atomic mass is 9.82. The second-order valence-electron chi connectivity index (χ2n) is 4.69. The second-order valence-corrected chi connectivity index (χ2v) is 4.69. The van der Waals surface area contributed by atoms with Crippen molar-refractivity contribution in [3.63, 3.8) is 0 Å². The van der Waals surface area contributed by atoms with Gasteiger partial charge >= 0.3 is 0 Å². The van der Waals surface area contributed by atoms with E-state index in [-0.39, 0.29) is 17.3 Å². The van der Waals surface area contributed by atoms with Gasteiger partial charge < -0.3 is 11.1 Å². The summed E-state index contributed by atoms with van der Waals surface area (Å²) in [5, 5.41) is 3.26. The van der Waals surface area contributed by atoms with Gasteiger partial charge in [-0.05, 0) is 37.1 Å². The van der Waals surface area contributed by atoms with Gasteiger partial charge in [0.1, 0.15) is 5.82 Å². The number of benzene rings is 1. The Hall–Kier alpha value is -0.930. The van der Waals surface area contributed by atoms with Gasteiger partial charge in [-0.2, -0.15) is 0 Å². The maximum atomic E-state index is 13.2. The average Bonchev–Trinajstić information content (AvgIpc) is 2.50. The van der Waals surface area contributed by atoms with Gasteiger partial charge in [-0.15, -0.1) is 0 Å². The highest BCUT2D eigenvalue weighted by Crippen LogP contribution is 2.31. The van der Waals surface area contributed by atoms with Crippen molar-refractivity contribution < 1.29 is 4.39 Å². The Balaban J connectivity index is 2.40. The lowest BCUT2D eigenvalue weighted by molar-refractivity contribution is 0.459. The molecule has 1 saturated heterocycles. The van der Waals surface area contributed by atoms with E-state index in [1.54, 1.807) is 6.07 Å². The number of aryl methyl sites for hydroxylation is 1. The van der Waals surface area contributed by atoms with E-state index >= 15 is 0 Å². The normalized spacial score (nSPS) is 30.8. The van der Waals surface area contributed by atoms with Gasteiger partial charge in [0.05, 0.1) is 0 Å². The molecule has 1 fully saturated rings. The van der Waals surface area contributed by atoms with E-state index in [9.17, 15) is 4.39 Å². The van der Waals surface area contributed by atoms with Crippen LogP contribution in [-0.2, 0) is 0 Å². The minimum atomic E-state index is -0.279. The van der Waals surface area contributed by atoms with Crippen molar-refractivity contribution in [1.82, 2.24) is 5.32 Å². The molecule has 3 N–H and O–H groups in total. The summed E-state index contributed by atoms with van der Waals surface area (Å²) in [6, 6.07) is 4.92. The molecule has 0 spiro atoms. The zero-order valence-electron chi connectivity index (χ0n) is 9.18. The predicted octanol–water partition coefficient (Wildman–Crippen LogP) is 1.54. The van der Waals surface area contributed by atoms with E-state index in [1.165, 1.54) is 6.07 Å². The highest BCUT2D eigenvalue weighted by molar-refractivity contribution is 5.34. The van der Waals surface area contributed by atoms with Crippen molar-refractivity contribution in [2.45, 2.75) is 25.3 Å². The first kappa shape index (κ1) is 10.6. The Kier molecular flexibility index (Phi) is 2.52. The molecule has 1 aliphatic rings. The minimum Gasteiger partial charge on any atom is -0.324 e. The number of nitrogens with two attached hydrogens (primary N) is 1. The summed E-state index contributed by atoms with van der Waals surface area (Å²) in [6.45, 7) is 5.64. The van der Waals surface area contributed by atoms with Crippen LogP contribution in [0.2, 0.25) is 0 Å². The van der Waals surface area contributed by atoms with Gasteiger partial charge in [-0.25, -0.2) is 4.39 Å². The fourth-order valence-electron chi connectivity index (χ4n) is 2.29. The zero-order chi connectivity index (χ0) is 11.1. The summed E-state index contributed by atoms with van der Waals surface area (Å²) in [4.78, 5) is 0. The number of halogens is 1. The van der Waals surface area contributed by atoms with Gasteiger partial charge in [0, 0.05) is 24.5 Å². The van der Waals surface area contributed by atoms with Crippen LogP contribution in [0.3, 0.4) is 0 Å². The first-order chi connectivity index (χ1) is 7.00. The summed E-state index contributed by atoms with van der Waals surface area (Å²) >= 11 is 0. The van der Waals surface area contributed by atoms with E-state index in [2.05, 4.69) is 5.32 Å². The topological polar surface area (TPSA) is 38.0 Å². The van der Waals surface area contributed by atoms with E-state index in [1.807, 2.05) is 19.9 Å². The summed E-state index contributed by atoms with van der Waals surface area (Å²) in [6.07, 6.45) is 0. The van der Waals surface area contributed by atoms with Crippen molar-refractivity contribution in [1.29, 1.82) is 0 Å². The smallest absolute Gasteiger partial charge is 0.123 e. The summed E-state index contributed by atoms with van der Waals surface area (Å²) in [5.41, 5.74) is 8.05. The Bertz CT molecular complexity index is 374. The average molecular weight is 208 g/mol. The Labute approximate surface area is 89.7 Å². The molecule has 0 radical (unpaired) electrons. The van der Waals surface area contributed by atoms with Crippen LogP contribution in [0.4, 0.5) is 4.39 Å². The minimum absolute atomic E-state index is 0.182. The molecule has 1 heterocycles.